The second-order valence-corrected chi connectivity index (χ2v) is 12.2. The summed E-state index contributed by atoms with van der Waals surface area (Å²) in [7, 11) is 1.75. The molecule has 9 nitrogen and oxygen atoms in total. The molecule has 2 aliphatic heterocycles. The molecule has 0 spiro atoms. The van der Waals surface area contributed by atoms with Crippen LogP contribution in [-0.4, -0.2) is 97.0 Å². The summed E-state index contributed by atoms with van der Waals surface area (Å²) in [6, 6.07) is 1.70. The van der Waals surface area contributed by atoms with Crippen molar-refractivity contribution in [1.29, 1.82) is 0 Å². The summed E-state index contributed by atoms with van der Waals surface area (Å²) in [4.78, 5) is 43.3. The van der Waals surface area contributed by atoms with Crippen molar-refractivity contribution in [3.63, 3.8) is 0 Å². The van der Waals surface area contributed by atoms with E-state index in [0.717, 1.165) is 19.3 Å². The van der Waals surface area contributed by atoms with Crippen LogP contribution in [-0.2, 0) is 14.3 Å². The molecule has 3 aliphatic rings. The van der Waals surface area contributed by atoms with E-state index in [-0.39, 0.29) is 29.5 Å². The maximum atomic E-state index is 13.1. The van der Waals surface area contributed by atoms with Gasteiger partial charge in [0.05, 0.1) is 28.8 Å². The normalized spacial score (nSPS) is 24.4. The summed E-state index contributed by atoms with van der Waals surface area (Å²) in [5.41, 5.74) is 1.51. The van der Waals surface area contributed by atoms with Crippen LogP contribution in [0, 0.1) is 5.92 Å². The van der Waals surface area contributed by atoms with E-state index < -0.39 is 0 Å². The van der Waals surface area contributed by atoms with Crippen molar-refractivity contribution in [3.8, 4) is 0 Å². The first-order chi connectivity index (χ1) is 20.1. The van der Waals surface area contributed by atoms with E-state index >= 15 is 0 Å². The summed E-state index contributed by atoms with van der Waals surface area (Å²) in [5.74, 6) is 1.91. The summed E-state index contributed by atoms with van der Waals surface area (Å²) >= 11 is 7.02. The number of anilines is 2. The number of amides is 2. The number of carbonyl (C=O) groups excluding carboxylic acids is 2. The smallest absolute Gasteiger partial charge is 0.246 e. The molecule has 2 fully saturated rings. The third-order valence-electron chi connectivity index (χ3n) is 8.49. The number of nitrogens with zero attached hydrogens (tertiary/aromatic N) is 6. The molecule has 3 heterocycles. The topological polar surface area (TPSA) is 81.6 Å². The van der Waals surface area contributed by atoms with Crippen molar-refractivity contribution in [2.75, 3.05) is 56.2 Å². The number of carbonyl (C=O) groups is 2. The third-order valence-corrected chi connectivity index (χ3v) is 8.77. The molecule has 10 heteroatoms. The first kappa shape index (κ1) is 31.8. The molecular formula is C32H45ClN6O3. The molecule has 42 heavy (non-hydrogen) atoms. The van der Waals surface area contributed by atoms with Gasteiger partial charge in [-0.15, -0.1) is 0 Å². The minimum atomic E-state index is -0.361. The first-order valence-corrected chi connectivity index (χ1v) is 15.3. The van der Waals surface area contributed by atoms with Crippen molar-refractivity contribution >= 4 is 41.4 Å². The maximum Gasteiger partial charge on any atom is 0.246 e. The van der Waals surface area contributed by atoms with Crippen LogP contribution in [0.2, 0.25) is 5.02 Å². The lowest BCUT2D eigenvalue weighted by atomic mass is 9.84. The number of halogens is 1. The van der Waals surface area contributed by atoms with Gasteiger partial charge in [0.2, 0.25) is 12.3 Å². The molecule has 0 bridgehead atoms. The molecule has 1 aliphatic carbocycles. The van der Waals surface area contributed by atoms with Gasteiger partial charge in [-0.05, 0) is 51.3 Å². The molecule has 228 valence electrons. The zero-order valence-electron chi connectivity index (χ0n) is 25.8. The van der Waals surface area contributed by atoms with Crippen LogP contribution in [0.4, 0.5) is 11.6 Å². The highest BCUT2D eigenvalue weighted by Crippen LogP contribution is 2.38. The van der Waals surface area contributed by atoms with Gasteiger partial charge in [-0.2, -0.15) is 0 Å². The Morgan fingerprint density at radius 2 is 2.07 bits per heavy atom. The average Bonchev–Trinajstić information content (AvgIpc) is 2.98. The van der Waals surface area contributed by atoms with Crippen LogP contribution in [0.15, 0.2) is 47.5 Å². The van der Waals surface area contributed by atoms with Crippen molar-refractivity contribution in [1.82, 2.24) is 14.8 Å². The van der Waals surface area contributed by atoms with Gasteiger partial charge in [0.15, 0.2) is 0 Å². The molecule has 2 amide bonds. The number of amidine groups is 1. The van der Waals surface area contributed by atoms with Crippen molar-refractivity contribution in [2.24, 2.45) is 10.9 Å². The quantitative estimate of drug-likeness (QED) is 0.187. The van der Waals surface area contributed by atoms with E-state index in [0.29, 0.717) is 67.4 Å². The number of pyridine rings is 1. The van der Waals surface area contributed by atoms with Gasteiger partial charge >= 0.3 is 0 Å². The Labute approximate surface area is 255 Å². The van der Waals surface area contributed by atoms with Gasteiger partial charge in [0.25, 0.3) is 0 Å². The van der Waals surface area contributed by atoms with Gasteiger partial charge in [0.1, 0.15) is 17.5 Å². The lowest BCUT2D eigenvalue weighted by Crippen LogP contribution is -2.55. The van der Waals surface area contributed by atoms with Gasteiger partial charge < -0.3 is 19.4 Å². The van der Waals surface area contributed by atoms with Crippen LogP contribution in [0.5, 0.6) is 0 Å². The molecule has 0 saturated carbocycles. The molecule has 0 radical (unpaired) electrons. The Bertz CT molecular complexity index is 1270. The molecule has 0 N–H and O–H groups in total. The minimum Gasteiger partial charge on any atom is -0.372 e. The monoisotopic (exact) mass is 596 g/mol. The number of morpholine rings is 1. The van der Waals surface area contributed by atoms with Crippen molar-refractivity contribution < 1.29 is 14.3 Å². The van der Waals surface area contributed by atoms with Crippen LogP contribution in [0.3, 0.4) is 0 Å². The number of ether oxygens (including phenoxy) is 1. The van der Waals surface area contributed by atoms with Gasteiger partial charge in [-0.25, -0.2) is 4.98 Å². The van der Waals surface area contributed by atoms with Gasteiger partial charge in [0, 0.05) is 51.7 Å². The molecule has 2 saturated heterocycles. The number of hydrogen-bond donors (Lipinski definition) is 0. The summed E-state index contributed by atoms with van der Waals surface area (Å²) in [6.07, 6.45) is 10.3. The Kier molecular flexibility index (Phi) is 10.1. The number of piperazine rings is 1. The highest BCUT2D eigenvalue weighted by molar-refractivity contribution is 6.33. The number of hydrogen-bond acceptors (Lipinski definition) is 6. The molecular weight excluding hydrogens is 552 g/mol. The molecule has 3 unspecified atom stereocenters. The second kappa shape index (κ2) is 13.4. The fraction of sp³-hybridized carbons (Fsp3) is 0.562. The van der Waals surface area contributed by atoms with E-state index in [1.54, 1.807) is 16.8 Å². The lowest BCUT2D eigenvalue weighted by Gasteiger charge is -2.43. The SMILES string of the molecule is C=CC(=O)N1CCN(/C(=N/C)c2cc(Cl)c(N3CCOC(C)(C)C3)nc2N(C=O)C2C(CC)=CC=CC2CC)C(C)C1. The van der Waals surface area contributed by atoms with Crippen molar-refractivity contribution in [2.45, 2.75) is 65.1 Å². The van der Waals surface area contributed by atoms with E-state index in [4.69, 9.17) is 26.3 Å². The molecule has 4 rings (SSSR count). The summed E-state index contributed by atoms with van der Waals surface area (Å²) in [6.45, 7) is 17.6. The van der Waals surface area contributed by atoms with E-state index in [1.807, 2.05) is 6.07 Å². The van der Waals surface area contributed by atoms with Crippen LogP contribution in [0.1, 0.15) is 53.0 Å². The number of aromatic nitrogens is 1. The summed E-state index contributed by atoms with van der Waals surface area (Å²) in [5, 5.41) is 0.494. The van der Waals surface area contributed by atoms with Gasteiger partial charge in [-0.3, -0.25) is 19.5 Å². The van der Waals surface area contributed by atoms with Crippen molar-refractivity contribution in [3.05, 3.63) is 53.1 Å². The van der Waals surface area contributed by atoms with E-state index in [2.05, 4.69) is 69.2 Å². The minimum absolute atomic E-state index is 0.0236. The highest BCUT2D eigenvalue weighted by Gasteiger charge is 2.37. The first-order valence-electron chi connectivity index (χ1n) is 14.9. The Hall–Kier alpha value is -3.17. The van der Waals surface area contributed by atoms with Crippen LogP contribution in [0.25, 0.3) is 0 Å². The second-order valence-electron chi connectivity index (χ2n) is 11.8. The molecule has 1 aromatic rings. The Morgan fingerprint density at radius 1 is 1.31 bits per heavy atom. The number of rotatable bonds is 8. The van der Waals surface area contributed by atoms with Gasteiger partial charge in [-0.1, -0.05) is 50.3 Å². The largest absolute Gasteiger partial charge is 0.372 e. The molecule has 0 aromatic carbocycles. The standard InChI is InChI=1S/C32H45ClN6O3/c1-8-23-12-11-13-24(9-2)28(23)39(21-40)30-25(18-26(33)31(35-30)37-16-17-42-32(5,6)20-37)29(34-7)38-15-14-36(19-22(38)4)27(41)10-3/h10-13,18,21-23,28H,3,8-9,14-17,19-20H2,1-2,4-7H3/b34-29+. The fourth-order valence-electron chi connectivity index (χ4n) is 6.37. The number of allylic oxidation sites excluding steroid dienone is 2. The average molecular weight is 597 g/mol. The maximum absolute atomic E-state index is 13.1. The predicted molar refractivity (Wildman–Crippen MR) is 171 cm³/mol. The summed E-state index contributed by atoms with van der Waals surface area (Å²) < 4.78 is 5.96. The third kappa shape index (κ3) is 6.42. The Balaban J connectivity index is 1.85. The van der Waals surface area contributed by atoms with Crippen LogP contribution >= 0.6 is 11.6 Å². The van der Waals surface area contributed by atoms with Crippen LogP contribution < -0.4 is 9.80 Å². The lowest BCUT2D eigenvalue weighted by molar-refractivity contribution is -0.128. The van der Waals surface area contributed by atoms with E-state index in [9.17, 15) is 9.59 Å². The molecule has 1 aromatic heterocycles. The number of aliphatic imine (C=N–C) groups is 1. The molecule has 3 atom stereocenters. The highest BCUT2D eigenvalue weighted by atomic mass is 35.5. The predicted octanol–water partition coefficient (Wildman–Crippen LogP) is 4.71. The fourth-order valence-corrected chi connectivity index (χ4v) is 6.65. The van der Waals surface area contributed by atoms with E-state index in [1.165, 1.54) is 11.6 Å². The Morgan fingerprint density at radius 3 is 2.67 bits per heavy atom. The zero-order chi connectivity index (χ0) is 30.6. The zero-order valence-corrected chi connectivity index (χ0v) is 26.6.